The zero-order chi connectivity index (χ0) is 12.3. The lowest BCUT2D eigenvalue weighted by Crippen LogP contribution is -2.41. The Kier molecular flexibility index (Phi) is 4.45. The lowest BCUT2D eigenvalue weighted by molar-refractivity contribution is 0.467. The van der Waals surface area contributed by atoms with Crippen LogP contribution in [0.5, 0.6) is 0 Å². The van der Waals surface area contributed by atoms with E-state index in [1.165, 1.54) is 0 Å². The molecule has 0 atom stereocenters. The van der Waals surface area contributed by atoms with Gasteiger partial charge in [-0.1, -0.05) is 18.5 Å². The van der Waals surface area contributed by atoms with Crippen molar-refractivity contribution in [2.24, 2.45) is 0 Å². The highest BCUT2D eigenvalue weighted by Crippen LogP contribution is 2.26. The van der Waals surface area contributed by atoms with Crippen LogP contribution >= 0.6 is 23.2 Å². The molecule has 16 heavy (non-hydrogen) atoms. The first kappa shape index (κ1) is 13.6. The molecule has 1 heterocycles. The Hall–Kier alpha value is -0.470. The summed E-state index contributed by atoms with van der Waals surface area (Å²) < 4.78 is 0. The molecule has 0 unspecified atom stereocenters. The molecular weight excluding hydrogens is 243 g/mol. The first-order valence-corrected chi connectivity index (χ1v) is 6.28. The maximum Gasteiger partial charge on any atom is 0.129 e. The van der Waals surface area contributed by atoms with E-state index in [-0.39, 0.29) is 5.54 Å². The maximum atomic E-state index is 5.98. The summed E-state index contributed by atoms with van der Waals surface area (Å²) in [6.45, 7) is 6.53. The van der Waals surface area contributed by atoms with Crippen LogP contribution in [0.3, 0.4) is 0 Å². The standard InChI is InChI=1S/C12H18Cl2N2/c1-5-12(2,3)16(4)11-6-9(7-13)10(14)8-15-11/h6,8H,5,7H2,1-4H3. The summed E-state index contributed by atoms with van der Waals surface area (Å²) in [4.78, 5) is 6.49. The number of alkyl halides is 1. The van der Waals surface area contributed by atoms with E-state index in [0.29, 0.717) is 10.9 Å². The van der Waals surface area contributed by atoms with Gasteiger partial charge >= 0.3 is 0 Å². The molecule has 0 spiro atoms. The Morgan fingerprint density at radius 1 is 1.44 bits per heavy atom. The van der Waals surface area contributed by atoms with Crippen molar-refractivity contribution in [2.45, 2.75) is 38.6 Å². The van der Waals surface area contributed by atoms with Crippen molar-refractivity contribution in [3.63, 3.8) is 0 Å². The molecule has 0 aliphatic carbocycles. The van der Waals surface area contributed by atoms with E-state index in [9.17, 15) is 0 Å². The zero-order valence-electron chi connectivity index (χ0n) is 10.2. The van der Waals surface area contributed by atoms with Gasteiger partial charge in [-0.25, -0.2) is 4.98 Å². The average Bonchev–Trinajstić information content (AvgIpc) is 2.28. The van der Waals surface area contributed by atoms with E-state index in [0.717, 1.165) is 17.8 Å². The van der Waals surface area contributed by atoms with E-state index < -0.39 is 0 Å². The number of halogens is 2. The van der Waals surface area contributed by atoms with Crippen LogP contribution in [0, 0.1) is 0 Å². The predicted molar refractivity (Wildman–Crippen MR) is 71.6 cm³/mol. The highest BCUT2D eigenvalue weighted by Gasteiger charge is 2.22. The summed E-state index contributed by atoms with van der Waals surface area (Å²) in [5, 5.41) is 0.626. The number of hydrogen-bond acceptors (Lipinski definition) is 2. The molecule has 1 aromatic heterocycles. The van der Waals surface area contributed by atoms with Crippen LogP contribution in [0.25, 0.3) is 0 Å². The molecule has 1 aromatic rings. The van der Waals surface area contributed by atoms with Crippen LogP contribution in [0.2, 0.25) is 5.02 Å². The van der Waals surface area contributed by atoms with Gasteiger partial charge < -0.3 is 4.90 Å². The number of hydrogen-bond donors (Lipinski definition) is 0. The Bertz CT molecular complexity index is 364. The molecule has 0 aliphatic heterocycles. The van der Waals surface area contributed by atoms with Crippen molar-refractivity contribution < 1.29 is 0 Å². The fourth-order valence-electron chi connectivity index (χ4n) is 1.30. The highest BCUT2D eigenvalue weighted by atomic mass is 35.5. The zero-order valence-corrected chi connectivity index (χ0v) is 11.7. The van der Waals surface area contributed by atoms with Crippen molar-refractivity contribution in [3.8, 4) is 0 Å². The lowest BCUT2D eigenvalue weighted by Gasteiger charge is -2.36. The van der Waals surface area contributed by atoms with Gasteiger partial charge in [-0.2, -0.15) is 0 Å². The Morgan fingerprint density at radius 3 is 2.56 bits per heavy atom. The quantitative estimate of drug-likeness (QED) is 0.758. The maximum absolute atomic E-state index is 5.98. The van der Waals surface area contributed by atoms with Crippen molar-refractivity contribution in [1.82, 2.24) is 4.98 Å². The molecule has 0 fully saturated rings. The van der Waals surface area contributed by atoms with E-state index >= 15 is 0 Å². The van der Waals surface area contributed by atoms with Crippen molar-refractivity contribution in [2.75, 3.05) is 11.9 Å². The van der Waals surface area contributed by atoms with Crippen LogP contribution in [0.15, 0.2) is 12.3 Å². The van der Waals surface area contributed by atoms with Gasteiger partial charge in [-0.05, 0) is 31.9 Å². The topological polar surface area (TPSA) is 16.1 Å². The Morgan fingerprint density at radius 2 is 2.06 bits per heavy atom. The molecular formula is C12H18Cl2N2. The molecule has 0 N–H and O–H groups in total. The number of nitrogens with zero attached hydrogens (tertiary/aromatic N) is 2. The molecule has 0 aliphatic rings. The van der Waals surface area contributed by atoms with Crippen LogP contribution in [0.4, 0.5) is 5.82 Å². The lowest BCUT2D eigenvalue weighted by atomic mass is 10.00. The van der Waals surface area contributed by atoms with Gasteiger partial charge in [0.25, 0.3) is 0 Å². The third-order valence-corrected chi connectivity index (χ3v) is 3.81. The second-order valence-corrected chi connectivity index (χ2v) is 5.17. The number of rotatable bonds is 4. The molecule has 0 saturated carbocycles. The van der Waals surface area contributed by atoms with E-state index in [2.05, 4.69) is 30.7 Å². The first-order valence-electron chi connectivity index (χ1n) is 5.36. The number of pyridine rings is 1. The summed E-state index contributed by atoms with van der Waals surface area (Å²) in [7, 11) is 2.04. The van der Waals surface area contributed by atoms with Gasteiger partial charge in [0.05, 0.1) is 5.02 Å². The fraction of sp³-hybridized carbons (Fsp3) is 0.583. The molecule has 4 heteroatoms. The fourth-order valence-corrected chi connectivity index (χ4v) is 1.76. The summed E-state index contributed by atoms with van der Waals surface area (Å²) >= 11 is 11.8. The monoisotopic (exact) mass is 260 g/mol. The van der Waals surface area contributed by atoms with Gasteiger partial charge in [0.1, 0.15) is 5.82 Å². The minimum Gasteiger partial charge on any atom is -0.355 e. The van der Waals surface area contributed by atoms with Crippen molar-refractivity contribution in [1.29, 1.82) is 0 Å². The Labute approximate surface area is 108 Å². The van der Waals surface area contributed by atoms with Crippen molar-refractivity contribution >= 4 is 29.0 Å². The van der Waals surface area contributed by atoms with Gasteiger partial charge in [0, 0.05) is 24.7 Å². The van der Waals surface area contributed by atoms with Gasteiger partial charge in [-0.15, -0.1) is 11.6 Å². The second-order valence-electron chi connectivity index (χ2n) is 4.49. The van der Waals surface area contributed by atoms with E-state index in [4.69, 9.17) is 23.2 Å². The first-order chi connectivity index (χ1) is 7.42. The van der Waals surface area contributed by atoms with E-state index in [1.54, 1.807) is 6.20 Å². The second kappa shape index (κ2) is 5.24. The molecule has 0 bridgehead atoms. The third kappa shape index (κ3) is 2.80. The van der Waals surface area contributed by atoms with E-state index in [1.807, 2.05) is 13.1 Å². The summed E-state index contributed by atoms with van der Waals surface area (Å²) in [5.41, 5.74) is 0.997. The molecule has 0 radical (unpaired) electrons. The normalized spacial score (nSPS) is 11.6. The number of aromatic nitrogens is 1. The van der Waals surface area contributed by atoms with Gasteiger partial charge in [-0.3, -0.25) is 0 Å². The van der Waals surface area contributed by atoms with Gasteiger partial charge in [0.15, 0.2) is 0 Å². The Balaban J connectivity index is 3.05. The molecule has 2 nitrogen and oxygen atoms in total. The highest BCUT2D eigenvalue weighted by molar-refractivity contribution is 6.32. The molecule has 0 saturated heterocycles. The minimum absolute atomic E-state index is 0.0738. The minimum atomic E-state index is 0.0738. The smallest absolute Gasteiger partial charge is 0.129 e. The van der Waals surface area contributed by atoms with Crippen LogP contribution < -0.4 is 4.90 Å². The van der Waals surface area contributed by atoms with Crippen molar-refractivity contribution in [3.05, 3.63) is 22.8 Å². The van der Waals surface area contributed by atoms with Crippen LogP contribution in [-0.2, 0) is 5.88 Å². The third-order valence-electron chi connectivity index (χ3n) is 3.18. The van der Waals surface area contributed by atoms with Crippen LogP contribution in [-0.4, -0.2) is 17.6 Å². The largest absolute Gasteiger partial charge is 0.355 e. The summed E-state index contributed by atoms with van der Waals surface area (Å²) in [5.74, 6) is 1.32. The van der Waals surface area contributed by atoms with Crippen LogP contribution in [0.1, 0.15) is 32.8 Å². The molecule has 0 aromatic carbocycles. The average molecular weight is 261 g/mol. The molecule has 1 rings (SSSR count). The SMILES string of the molecule is CCC(C)(C)N(C)c1cc(CCl)c(Cl)cn1. The molecule has 90 valence electrons. The predicted octanol–water partition coefficient (Wildman–Crippen LogP) is 4.10. The molecule has 0 amide bonds. The summed E-state index contributed by atoms with van der Waals surface area (Å²) in [6, 6.07) is 1.95. The summed E-state index contributed by atoms with van der Waals surface area (Å²) in [6.07, 6.45) is 2.71. The number of anilines is 1. The van der Waals surface area contributed by atoms with Gasteiger partial charge in [0.2, 0.25) is 0 Å².